The van der Waals surface area contributed by atoms with Gasteiger partial charge in [0, 0.05) is 16.4 Å². The second kappa shape index (κ2) is 5.79. The summed E-state index contributed by atoms with van der Waals surface area (Å²) in [5.74, 6) is -2.56. The van der Waals surface area contributed by atoms with E-state index in [0.717, 1.165) is 6.20 Å². The molecule has 1 amide bonds. The maximum absolute atomic E-state index is 13.4. The maximum atomic E-state index is 13.4. The summed E-state index contributed by atoms with van der Waals surface area (Å²) in [5, 5.41) is 11.4. The quantitative estimate of drug-likeness (QED) is 0.901. The number of aromatic carboxylic acids is 1. The zero-order valence-electron chi connectivity index (χ0n) is 9.93. The normalized spacial score (nSPS) is 10.1. The van der Waals surface area contributed by atoms with Crippen LogP contribution in [0.5, 0.6) is 0 Å². The summed E-state index contributed by atoms with van der Waals surface area (Å²) in [6.07, 6.45) is 2.22. The number of rotatable bonds is 3. The summed E-state index contributed by atoms with van der Waals surface area (Å²) >= 11 is 3.09. The van der Waals surface area contributed by atoms with Crippen LogP contribution in [0.2, 0.25) is 0 Å². The van der Waals surface area contributed by atoms with Crippen LogP contribution >= 0.6 is 15.9 Å². The lowest BCUT2D eigenvalue weighted by Crippen LogP contribution is -2.14. The van der Waals surface area contributed by atoms with Crippen LogP contribution in [0.15, 0.2) is 41.1 Å². The number of carbonyl (C=O) groups excluding carboxylic acids is 1. The number of halogens is 2. The number of carboxylic acid groups (broad SMARTS) is 1. The van der Waals surface area contributed by atoms with Crippen LogP contribution in [0.25, 0.3) is 0 Å². The summed E-state index contributed by atoms with van der Waals surface area (Å²) < 4.78 is 13.8. The highest BCUT2D eigenvalue weighted by molar-refractivity contribution is 9.10. The Morgan fingerprint density at radius 2 is 2.00 bits per heavy atom. The van der Waals surface area contributed by atoms with E-state index >= 15 is 0 Å². The predicted molar refractivity (Wildman–Crippen MR) is 73.2 cm³/mol. The van der Waals surface area contributed by atoms with Gasteiger partial charge in [-0.15, -0.1) is 0 Å². The molecule has 0 atom stereocenters. The van der Waals surface area contributed by atoms with Gasteiger partial charge in [0.2, 0.25) is 0 Å². The standard InChI is InChI=1S/C13H8BrFN2O3/c14-10-2-1-7(5-9(10)13(19)20)17-12(18)8-3-4-16-6-11(8)15/h1-6H,(H,17,18)(H,19,20). The van der Waals surface area contributed by atoms with Crippen molar-refractivity contribution in [3.8, 4) is 0 Å². The van der Waals surface area contributed by atoms with E-state index in [1.54, 1.807) is 0 Å². The van der Waals surface area contributed by atoms with Gasteiger partial charge in [-0.3, -0.25) is 9.78 Å². The van der Waals surface area contributed by atoms with Gasteiger partial charge in [-0.2, -0.15) is 0 Å². The van der Waals surface area contributed by atoms with Crippen molar-refractivity contribution < 1.29 is 19.1 Å². The first-order valence-electron chi connectivity index (χ1n) is 5.42. The van der Waals surface area contributed by atoms with Gasteiger partial charge < -0.3 is 10.4 Å². The van der Waals surface area contributed by atoms with Crippen LogP contribution in [0.1, 0.15) is 20.7 Å². The molecule has 0 aliphatic rings. The van der Waals surface area contributed by atoms with E-state index < -0.39 is 17.7 Å². The lowest BCUT2D eigenvalue weighted by Gasteiger charge is -2.07. The first kappa shape index (κ1) is 14.1. The molecular formula is C13H8BrFN2O3. The third kappa shape index (κ3) is 3.00. The minimum atomic E-state index is -1.14. The second-order valence-corrected chi connectivity index (χ2v) is 4.66. The number of nitrogens with one attached hydrogen (secondary N) is 1. The molecule has 0 radical (unpaired) electrons. The number of pyridine rings is 1. The lowest BCUT2D eigenvalue weighted by molar-refractivity contribution is 0.0695. The minimum absolute atomic E-state index is 0.00185. The molecule has 1 aromatic carbocycles. The molecule has 0 aliphatic carbocycles. The Kier molecular flexibility index (Phi) is 4.09. The van der Waals surface area contributed by atoms with E-state index in [1.165, 1.54) is 30.5 Å². The van der Waals surface area contributed by atoms with E-state index in [9.17, 15) is 14.0 Å². The number of nitrogens with zero attached hydrogens (tertiary/aromatic N) is 1. The van der Waals surface area contributed by atoms with Gasteiger partial charge in [-0.05, 0) is 40.2 Å². The van der Waals surface area contributed by atoms with Gasteiger partial charge >= 0.3 is 5.97 Å². The SMILES string of the molecule is O=C(Nc1ccc(Br)c(C(=O)O)c1)c1ccncc1F. The zero-order chi connectivity index (χ0) is 14.7. The first-order valence-corrected chi connectivity index (χ1v) is 6.22. The van der Waals surface area contributed by atoms with Crippen molar-refractivity contribution in [1.82, 2.24) is 4.98 Å². The third-order valence-electron chi connectivity index (χ3n) is 2.47. The smallest absolute Gasteiger partial charge is 0.336 e. The molecule has 20 heavy (non-hydrogen) atoms. The lowest BCUT2D eigenvalue weighted by atomic mass is 10.2. The van der Waals surface area contributed by atoms with Gasteiger partial charge in [0.25, 0.3) is 5.91 Å². The molecule has 0 unspecified atom stereocenters. The molecular weight excluding hydrogens is 331 g/mol. The largest absolute Gasteiger partial charge is 0.478 e. The highest BCUT2D eigenvalue weighted by Crippen LogP contribution is 2.21. The topological polar surface area (TPSA) is 79.3 Å². The Morgan fingerprint density at radius 1 is 1.25 bits per heavy atom. The van der Waals surface area contributed by atoms with Crippen molar-refractivity contribution in [3.63, 3.8) is 0 Å². The second-order valence-electron chi connectivity index (χ2n) is 3.81. The van der Waals surface area contributed by atoms with Crippen LogP contribution in [0, 0.1) is 5.82 Å². The average molecular weight is 339 g/mol. The summed E-state index contributed by atoms with van der Waals surface area (Å²) in [7, 11) is 0. The first-order chi connectivity index (χ1) is 9.49. The number of carbonyl (C=O) groups is 2. The molecule has 2 N–H and O–H groups in total. The summed E-state index contributed by atoms with van der Waals surface area (Å²) in [4.78, 5) is 26.4. The summed E-state index contributed by atoms with van der Waals surface area (Å²) in [5.41, 5.74) is 0.0876. The Balaban J connectivity index is 2.27. The van der Waals surface area contributed by atoms with Crippen molar-refractivity contribution in [3.05, 3.63) is 58.1 Å². The van der Waals surface area contributed by atoms with E-state index in [1.807, 2.05) is 0 Å². The molecule has 2 aromatic rings. The van der Waals surface area contributed by atoms with Gasteiger partial charge in [-0.1, -0.05) is 0 Å². The number of carboxylic acids is 1. The molecule has 0 saturated heterocycles. The molecule has 0 spiro atoms. The Hall–Kier alpha value is -2.28. The third-order valence-corrected chi connectivity index (χ3v) is 3.16. The highest BCUT2D eigenvalue weighted by Gasteiger charge is 2.14. The Labute approximate surface area is 121 Å². The number of hydrogen-bond donors (Lipinski definition) is 2. The molecule has 7 heteroatoms. The molecule has 0 aliphatic heterocycles. The highest BCUT2D eigenvalue weighted by atomic mass is 79.9. The molecule has 1 heterocycles. The van der Waals surface area contributed by atoms with Crippen molar-refractivity contribution >= 4 is 33.5 Å². The molecule has 0 fully saturated rings. The van der Waals surface area contributed by atoms with Crippen molar-refractivity contribution in [1.29, 1.82) is 0 Å². The predicted octanol–water partition coefficient (Wildman–Crippen LogP) is 2.93. The molecule has 102 valence electrons. The van der Waals surface area contributed by atoms with E-state index in [2.05, 4.69) is 26.2 Å². The van der Waals surface area contributed by atoms with E-state index in [0.29, 0.717) is 4.47 Å². The fourth-order valence-electron chi connectivity index (χ4n) is 1.52. The fraction of sp³-hybridized carbons (Fsp3) is 0. The van der Waals surface area contributed by atoms with Crippen LogP contribution in [-0.2, 0) is 0 Å². The average Bonchev–Trinajstić information content (AvgIpc) is 2.41. The van der Waals surface area contributed by atoms with Gasteiger partial charge in [-0.25, -0.2) is 9.18 Å². The van der Waals surface area contributed by atoms with Crippen LogP contribution in [0.3, 0.4) is 0 Å². The number of benzene rings is 1. The zero-order valence-corrected chi connectivity index (χ0v) is 11.5. The van der Waals surface area contributed by atoms with Gasteiger partial charge in [0.05, 0.1) is 17.3 Å². The summed E-state index contributed by atoms with van der Waals surface area (Å²) in [6, 6.07) is 5.51. The van der Waals surface area contributed by atoms with E-state index in [-0.39, 0.29) is 16.8 Å². The Bertz CT molecular complexity index is 691. The van der Waals surface area contributed by atoms with E-state index in [4.69, 9.17) is 5.11 Å². The van der Waals surface area contributed by atoms with Gasteiger partial charge in [0.1, 0.15) is 0 Å². The monoisotopic (exact) mass is 338 g/mol. The van der Waals surface area contributed by atoms with Crippen LogP contribution in [-0.4, -0.2) is 22.0 Å². The molecule has 0 bridgehead atoms. The number of aromatic nitrogens is 1. The van der Waals surface area contributed by atoms with Crippen molar-refractivity contribution in [2.45, 2.75) is 0 Å². The number of anilines is 1. The number of amides is 1. The maximum Gasteiger partial charge on any atom is 0.336 e. The fourth-order valence-corrected chi connectivity index (χ4v) is 1.94. The van der Waals surface area contributed by atoms with Crippen molar-refractivity contribution in [2.75, 3.05) is 5.32 Å². The molecule has 0 saturated carbocycles. The van der Waals surface area contributed by atoms with Crippen LogP contribution < -0.4 is 5.32 Å². The minimum Gasteiger partial charge on any atom is -0.478 e. The van der Waals surface area contributed by atoms with Crippen LogP contribution in [0.4, 0.5) is 10.1 Å². The molecule has 5 nitrogen and oxygen atoms in total. The number of hydrogen-bond acceptors (Lipinski definition) is 3. The molecule has 2 rings (SSSR count). The molecule has 1 aromatic heterocycles. The van der Waals surface area contributed by atoms with Gasteiger partial charge in [0.15, 0.2) is 5.82 Å². The Morgan fingerprint density at radius 3 is 2.65 bits per heavy atom. The summed E-state index contributed by atoms with van der Waals surface area (Å²) in [6.45, 7) is 0. The van der Waals surface area contributed by atoms with Crippen molar-refractivity contribution in [2.24, 2.45) is 0 Å².